The van der Waals surface area contributed by atoms with Crippen molar-refractivity contribution in [3.05, 3.63) is 88.6 Å². The summed E-state index contributed by atoms with van der Waals surface area (Å²) in [6.45, 7) is 0.512. The summed E-state index contributed by atoms with van der Waals surface area (Å²) in [7, 11) is 0. The van der Waals surface area contributed by atoms with Crippen molar-refractivity contribution in [2.75, 3.05) is 11.4 Å². The average Bonchev–Trinajstić information content (AvgIpc) is 3.28. The van der Waals surface area contributed by atoms with E-state index in [0.29, 0.717) is 37.1 Å². The van der Waals surface area contributed by atoms with Crippen LogP contribution >= 0.6 is 0 Å². The molecule has 2 aromatic carbocycles. The van der Waals surface area contributed by atoms with E-state index in [1.807, 2.05) is 29.2 Å². The molecule has 1 aromatic heterocycles. The summed E-state index contributed by atoms with van der Waals surface area (Å²) < 4.78 is 54.0. The van der Waals surface area contributed by atoms with Crippen molar-refractivity contribution < 1.29 is 22.7 Å². The first-order valence-corrected chi connectivity index (χ1v) is 10.5. The Labute approximate surface area is 183 Å². The maximum atomic E-state index is 15.3. The molecular formula is C24H23F4N3O. The first-order valence-electron chi connectivity index (χ1n) is 10.5. The molecule has 0 aliphatic carbocycles. The molecule has 0 saturated carbocycles. The molecular weight excluding hydrogens is 422 g/mol. The van der Waals surface area contributed by atoms with E-state index in [0.717, 1.165) is 29.7 Å². The van der Waals surface area contributed by atoms with Crippen molar-refractivity contribution in [3.63, 3.8) is 0 Å². The fraction of sp³-hybridized carbons (Fsp3) is 0.333. The molecule has 2 heterocycles. The summed E-state index contributed by atoms with van der Waals surface area (Å²) in [4.78, 5) is 10.1. The molecule has 168 valence electrons. The van der Waals surface area contributed by atoms with Gasteiger partial charge >= 0.3 is 6.18 Å². The fourth-order valence-corrected chi connectivity index (χ4v) is 4.18. The minimum atomic E-state index is -4.39. The summed E-state index contributed by atoms with van der Waals surface area (Å²) >= 11 is 0. The topological polar surface area (TPSA) is 49.3 Å². The Morgan fingerprint density at radius 2 is 1.75 bits per heavy atom. The number of aromatic nitrogens is 2. The molecule has 1 fully saturated rings. The van der Waals surface area contributed by atoms with Gasteiger partial charge in [0.2, 0.25) is 0 Å². The molecule has 1 saturated heterocycles. The number of hydrogen-bond acceptors (Lipinski definition) is 4. The number of halogens is 4. The molecule has 0 radical (unpaired) electrons. The highest BCUT2D eigenvalue weighted by atomic mass is 19.4. The molecule has 1 aliphatic heterocycles. The molecule has 4 rings (SSSR count). The van der Waals surface area contributed by atoms with Crippen LogP contribution in [-0.2, 0) is 25.6 Å². The lowest BCUT2D eigenvalue weighted by molar-refractivity contribution is -0.137. The number of aryl methyl sites for hydroxylation is 2. The van der Waals surface area contributed by atoms with Crippen LogP contribution in [0, 0.1) is 5.82 Å². The van der Waals surface area contributed by atoms with E-state index < -0.39 is 17.6 Å². The Morgan fingerprint density at radius 1 is 1.00 bits per heavy atom. The molecule has 1 aliphatic rings. The molecule has 32 heavy (non-hydrogen) atoms. The van der Waals surface area contributed by atoms with Crippen LogP contribution in [0.25, 0.3) is 0 Å². The van der Waals surface area contributed by atoms with Gasteiger partial charge in [0.1, 0.15) is 6.33 Å². The normalized spacial score (nSPS) is 16.5. The fourth-order valence-electron chi connectivity index (χ4n) is 4.18. The molecule has 0 unspecified atom stereocenters. The Morgan fingerprint density at radius 3 is 2.47 bits per heavy atom. The summed E-state index contributed by atoms with van der Waals surface area (Å²) in [5.41, 5.74) is 2.06. The maximum Gasteiger partial charge on any atom is 0.416 e. The van der Waals surface area contributed by atoms with Gasteiger partial charge in [0.05, 0.1) is 23.9 Å². The zero-order chi connectivity index (χ0) is 22.7. The second-order valence-corrected chi connectivity index (χ2v) is 7.91. The Hall–Kier alpha value is -3.00. The number of aliphatic hydroxyl groups excluding tert-OH is 1. The minimum absolute atomic E-state index is 0.0554. The quantitative estimate of drug-likeness (QED) is 0.527. The van der Waals surface area contributed by atoms with Crippen molar-refractivity contribution in [3.8, 4) is 0 Å². The smallest absolute Gasteiger partial charge is 0.392 e. The van der Waals surface area contributed by atoms with Crippen LogP contribution in [0.4, 0.5) is 23.4 Å². The third kappa shape index (κ3) is 4.75. The van der Waals surface area contributed by atoms with Crippen molar-refractivity contribution in [2.24, 2.45) is 0 Å². The molecule has 3 aromatic rings. The summed E-state index contributed by atoms with van der Waals surface area (Å²) in [5, 5.41) is 9.28. The highest BCUT2D eigenvalue weighted by molar-refractivity contribution is 5.46. The van der Waals surface area contributed by atoms with Gasteiger partial charge in [-0.3, -0.25) is 0 Å². The molecule has 1 atom stereocenters. The van der Waals surface area contributed by atoms with Gasteiger partial charge in [0.15, 0.2) is 11.6 Å². The zero-order valence-corrected chi connectivity index (χ0v) is 17.3. The molecule has 0 amide bonds. The third-order valence-corrected chi connectivity index (χ3v) is 5.82. The standard InChI is InChI=1S/C24H23F4N3O/c25-22-20(11-6-16-3-1-4-17(13-16)14-32)29-15-30-23(22)31-12-2-5-21(31)18-7-9-19(10-8-18)24(26,27)28/h1,3-4,7-10,13,15,21,32H,2,5-6,11-12,14H2/t21-/m1/s1. The molecule has 0 spiro atoms. The monoisotopic (exact) mass is 445 g/mol. The summed E-state index contributed by atoms with van der Waals surface area (Å²) in [5.74, 6) is -0.314. The van der Waals surface area contributed by atoms with Gasteiger partial charge < -0.3 is 10.0 Å². The third-order valence-electron chi connectivity index (χ3n) is 5.82. The first kappa shape index (κ1) is 22.2. The lowest BCUT2D eigenvalue weighted by atomic mass is 10.0. The molecule has 0 bridgehead atoms. The van der Waals surface area contributed by atoms with E-state index in [2.05, 4.69) is 9.97 Å². The van der Waals surface area contributed by atoms with Crippen molar-refractivity contribution in [1.29, 1.82) is 0 Å². The van der Waals surface area contributed by atoms with Gasteiger partial charge in [-0.2, -0.15) is 13.2 Å². The lowest BCUT2D eigenvalue weighted by Crippen LogP contribution is -2.25. The van der Waals surface area contributed by atoms with Gasteiger partial charge in [-0.25, -0.2) is 14.4 Å². The average molecular weight is 445 g/mol. The second kappa shape index (κ2) is 9.24. The van der Waals surface area contributed by atoms with Gasteiger partial charge in [-0.05, 0) is 54.5 Å². The van der Waals surface area contributed by atoms with Crippen LogP contribution in [0.2, 0.25) is 0 Å². The Balaban J connectivity index is 1.54. The lowest BCUT2D eigenvalue weighted by Gasteiger charge is -2.27. The number of benzene rings is 2. The van der Waals surface area contributed by atoms with Crippen molar-refractivity contribution >= 4 is 5.82 Å². The predicted octanol–water partition coefficient (Wildman–Crippen LogP) is 5.25. The number of aliphatic hydroxyl groups is 1. The number of nitrogens with zero attached hydrogens (tertiary/aromatic N) is 3. The Kier molecular flexibility index (Phi) is 6.41. The van der Waals surface area contributed by atoms with Gasteiger partial charge in [-0.15, -0.1) is 0 Å². The molecule has 8 heteroatoms. The molecule has 4 nitrogen and oxygen atoms in total. The predicted molar refractivity (Wildman–Crippen MR) is 113 cm³/mol. The van der Waals surface area contributed by atoms with E-state index in [9.17, 15) is 18.3 Å². The van der Waals surface area contributed by atoms with Gasteiger partial charge in [0, 0.05) is 6.54 Å². The van der Waals surface area contributed by atoms with E-state index in [-0.39, 0.29) is 18.5 Å². The van der Waals surface area contributed by atoms with Crippen LogP contribution in [0.1, 0.15) is 46.8 Å². The zero-order valence-electron chi connectivity index (χ0n) is 17.3. The van der Waals surface area contributed by atoms with Crippen LogP contribution < -0.4 is 4.90 Å². The van der Waals surface area contributed by atoms with Crippen LogP contribution in [0.15, 0.2) is 54.9 Å². The van der Waals surface area contributed by atoms with E-state index in [1.54, 1.807) is 0 Å². The maximum absolute atomic E-state index is 15.3. The second-order valence-electron chi connectivity index (χ2n) is 7.91. The van der Waals surface area contributed by atoms with Crippen molar-refractivity contribution in [2.45, 2.75) is 44.5 Å². The Bertz CT molecular complexity index is 1070. The number of anilines is 1. The van der Waals surface area contributed by atoms with Gasteiger partial charge in [-0.1, -0.05) is 36.4 Å². The summed E-state index contributed by atoms with van der Waals surface area (Å²) in [6, 6.07) is 12.3. The van der Waals surface area contributed by atoms with Crippen LogP contribution in [0.3, 0.4) is 0 Å². The largest absolute Gasteiger partial charge is 0.416 e. The number of hydrogen-bond donors (Lipinski definition) is 1. The SMILES string of the molecule is OCc1cccc(CCc2ncnc(N3CCC[C@@H]3c3ccc(C(F)(F)F)cc3)c2F)c1. The molecule has 1 N–H and O–H groups in total. The van der Waals surface area contributed by atoms with E-state index in [4.69, 9.17) is 0 Å². The first-order chi connectivity index (χ1) is 15.4. The minimum Gasteiger partial charge on any atom is -0.392 e. The van der Waals surface area contributed by atoms with Gasteiger partial charge in [0.25, 0.3) is 0 Å². The van der Waals surface area contributed by atoms with Crippen molar-refractivity contribution in [1.82, 2.24) is 9.97 Å². The number of alkyl halides is 3. The van der Waals surface area contributed by atoms with E-state index in [1.165, 1.54) is 18.5 Å². The van der Waals surface area contributed by atoms with E-state index >= 15 is 4.39 Å². The van der Waals surface area contributed by atoms with Crippen LogP contribution in [-0.4, -0.2) is 21.6 Å². The highest BCUT2D eigenvalue weighted by Gasteiger charge is 2.33. The highest BCUT2D eigenvalue weighted by Crippen LogP contribution is 2.38. The number of rotatable bonds is 6. The van der Waals surface area contributed by atoms with Crippen LogP contribution in [0.5, 0.6) is 0 Å². The summed E-state index contributed by atoms with van der Waals surface area (Å²) in [6.07, 6.45) is -0.632.